The summed E-state index contributed by atoms with van der Waals surface area (Å²) in [6.07, 6.45) is 3.23. The van der Waals surface area contributed by atoms with Crippen LogP contribution in [0.4, 0.5) is 0 Å². The monoisotopic (exact) mass is 262 g/mol. The minimum absolute atomic E-state index is 0.216. The molecule has 4 heteroatoms. The zero-order valence-corrected chi connectivity index (χ0v) is 11.1. The van der Waals surface area contributed by atoms with Gasteiger partial charge in [-0.2, -0.15) is 0 Å². The number of hydrogen-bond donors (Lipinski definition) is 1. The molecule has 1 unspecified atom stereocenters. The van der Waals surface area contributed by atoms with E-state index >= 15 is 0 Å². The fourth-order valence-electron chi connectivity index (χ4n) is 1.66. The van der Waals surface area contributed by atoms with Crippen molar-refractivity contribution in [1.82, 2.24) is 10.3 Å². The summed E-state index contributed by atoms with van der Waals surface area (Å²) in [6, 6.07) is 9.87. The zero-order valence-electron chi connectivity index (χ0n) is 10.4. The van der Waals surface area contributed by atoms with Crippen molar-refractivity contribution in [1.29, 1.82) is 0 Å². The molecule has 0 aliphatic carbocycles. The summed E-state index contributed by atoms with van der Waals surface area (Å²) >= 11 is 5.89. The molecule has 18 heavy (non-hydrogen) atoms. The first-order valence-electron chi connectivity index (χ1n) is 5.75. The van der Waals surface area contributed by atoms with Crippen molar-refractivity contribution in [2.45, 2.75) is 13.0 Å². The van der Waals surface area contributed by atoms with E-state index in [9.17, 15) is 0 Å². The maximum absolute atomic E-state index is 5.89. The van der Waals surface area contributed by atoms with Gasteiger partial charge in [0, 0.05) is 23.9 Å². The molecule has 0 spiro atoms. The summed E-state index contributed by atoms with van der Waals surface area (Å²) in [5, 5.41) is 3.76. The molecule has 0 fully saturated rings. The van der Waals surface area contributed by atoms with Gasteiger partial charge in [0.15, 0.2) is 0 Å². The van der Waals surface area contributed by atoms with Crippen molar-refractivity contribution >= 4 is 11.6 Å². The van der Waals surface area contributed by atoms with E-state index in [1.54, 1.807) is 18.5 Å². The van der Waals surface area contributed by atoms with E-state index in [1.807, 2.05) is 31.3 Å². The largest absolute Gasteiger partial charge is 0.455 e. The molecule has 1 N–H and O–H groups in total. The summed E-state index contributed by atoms with van der Waals surface area (Å²) in [4.78, 5) is 4.00. The lowest BCUT2D eigenvalue weighted by Crippen LogP contribution is -2.13. The zero-order chi connectivity index (χ0) is 13.0. The molecule has 0 amide bonds. The van der Waals surface area contributed by atoms with Gasteiger partial charge in [-0.3, -0.25) is 4.98 Å². The molecule has 1 aromatic carbocycles. The SMILES string of the molecule is CNC(C)c1ccccc1Oc1cncc(Cl)c1. The molecule has 0 bridgehead atoms. The summed E-state index contributed by atoms with van der Waals surface area (Å²) < 4.78 is 5.83. The average molecular weight is 263 g/mol. The van der Waals surface area contributed by atoms with E-state index in [0.29, 0.717) is 10.8 Å². The minimum atomic E-state index is 0.216. The molecular weight excluding hydrogens is 248 g/mol. The molecule has 1 heterocycles. The van der Waals surface area contributed by atoms with Crippen LogP contribution in [-0.4, -0.2) is 12.0 Å². The first kappa shape index (κ1) is 12.9. The first-order chi connectivity index (χ1) is 8.70. The summed E-state index contributed by atoms with van der Waals surface area (Å²) in [5.41, 5.74) is 1.10. The van der Waals surface area contributed by atoms with Crippen molar-refractivity contribution < 1.29 is 4.74 Å². The van der Waals surface area contributed by atoms with Crippen molar-refractivity contribution in [3.8, 4) is 11.5 Å². The molecular formula is C14H15ClN2O. The van der Waals surface area contributed by atoms with Gasteiger partial charge in [-0.05, 0) is 20.0 Å². The molecule has 2 rings (SSSR count). The predicted molar refractivity (Wildman–Crippen MR) is 73.2 cm³/mol. The van der Waals surface area contributed by atoms with Crippen molar-refractivity contribution in [2.24, 2.45) is 0 Å². The maximum atomic E-state index is 5.89. The van der Waals surface area contributed by atoms with Crippen LogP contribution in [0.2, 0.25) is 5.02 Å². The summed E-state index contributed by atoms with van der Waals surface area (Å²) in [5.74, 6) is 1.45. The number of hydrogen-bond acceptors (Lipinski definition) is 3. The van der Waals surface area contributed by atoms with E-state index in [-0.39, 0.29) is 6.04 Å². The number of rotatable bonds is 4. The Kier molecular flexibility index (Phi) is 4.18. The predicted octanol–water partition coefficient (Wildman–Crippen LogP) is 3.81. The van der Waals surface area contributed by atoms with Gasteiger partial charge in [-0.25, -0.2) is 0 Å². The Balaban J connectivity index is 2.29. The highest BCUT2D eigenvalue weighted by Gasteiger charge is 2.10. The van der Waals surface area contributed by atoms with Crippen LogP contribution in [0, 0.1) is 0 Å². The average Bonchev–Trinajstić information content (AvgIpc) is 2.38. The van der Waals surface area contributed by atoms with Crippen LogP contribution >= 0.6 is 11.6 Å². The fourth-order valence-corrected chi connectivity index (χ4v) is 1.83. The van der Waals surface area contributed by atoms with Gasteiger partial charge in [0.1, 0.15) is 11.5 Å². The molecule has 0 saturated heterocycles. The second-order valence-corrected chi connectivity index (χ2v) is 4.43. The Labute approximate surface area is 112 Å². The minimum Gasteiger partial charge on any atom is -0.455 e. The molecule has 2 aromatic rings. The third-order valence-electron chi connectivity index (χ3n) is 2.73. The number of benzene rings is 1. The highest BCUT2D eigenvalue weighted by atomic mass is 35.5. The van der Waals surface area contributed by atoms with Gasteiger partial charge in [-0.1, -0.05) is 29.8 Å². The lowest BCUT2D eigenvalue weighted by Gasteiger charge is -2.16. The molecule has 94 valence electrons. The van der Waals surface area contributed by atoms with Crippen molar-refractivity contribution in [2.75, 3.05) is 7.05 Å². The van der Waals surface area contributed by atoms with E-state index in [2.05, 4.69) is 17.2 Å². The van der Waals surface area contributed by atoms with Gasteiger partial charge in [-0.15, -0.1) is 0 Å². The maximum Gasteiger partial charge on any atom is 0.147 e. The highest BCUT2D eigenvalue weighted by Crippen LogP contribution is 2.29. The molecule has 0 radical (unpaired) electrons. The van der Waals surface area contributed by atoms with Crippen molar-refractivity contribution in [3.63, 3.8) is 0 Å². The Morgan fingerprint density at radius 1 is 1.28 bits per heavy atom. The summed E-state index contributed by atoms with van der Waals surface area (Å²) in [6.45, 7) is 2.08. The number of para-hydroxylation sites is 1. The van der Waals surface area contributed by atoms with E-state index in [4.69, 9.17) is 16.3 Å². The Morgan fingerprint density at radius 3 is 2.78 bits per heavy atom. The Morgan fingerprint density at radius 2 is 2.06 bits per heavy atom. The van der Waals surface area contributed by atoms with Crippen LogP contribution < -0.4 is 10.1 Å². The number of nitrogens with one attached hydrogen (secondary N) is 1. The first-order valence-corrected chi connectivity index (χ1v) is 6.13. The fraction of sp³-hybridized carbons (Fsp3) is 0.214. The normalized spacial score (nSPS) is 12.2. The topological polar surface area (TPSA) is 34.1 Å². The van der Waals surface area contributed by atoms with Gasteiger partial charge in [0.05, 0.1) is 11.2 Å². The van der Waals surface area contributed by atoms with E-state index < -0.39 is 0 Å². The van der Waals surface area contributed by atoms with Gasteiger partial charge < -0.3 is 10.1 Å². The molecule has 0 aliphatic heterocycles. The highest BCUT2D eigenvalue weighted by molar-refractivity contribution is 6.30. The number of pyridine rings is 1. The number of ether oxygens (including phenoxy) is 1. The van der Waals surface area contributed by atoms with Crippen LogP contribution in [0.25, 0.3) is 0 Å². The molecule has 1 atom stereocenters. The van der Waals surface area contributed by atoms with E-state index in [1.165, 1.54) is 0 Å². The van der Waals surface area contributed by atoms with Crippen LogP contribution in [0.15, 0.2) is 42.7 Å². The van der Waals surface area contributed by atoms with Crippen LogP contribution in [0.3, 0.4) is 0 Å². The van der Waals surface area contributed by atoms with Crippen LogP contribution in [0.1, 0.15) is 18.5 Å². The smallest absolute Gasteiger partial charge is 0.147 e. The standard InChI is InChI=1S/C14H15ClN2O/c1-10(16-2)13-5-3-4-6-14(13)18-12-7-11(15)8-17-9-12/h3-10,16H,1-2H3. The molecule has 1 aromatic heterocycles. The van der Waals surface area contributed by atoms with Crippen molar-refractivity contribution in [3.05, 3.63) is 53.3 Å². The third-order valence-corrected chi connectivity index (χ3v) is 2.93. The number of aromatic nitrogens is 1. The second kappa shape index (κ2) is 5.85. The summed E-state index contributed by atoms with van der Waals surface area (Å²) in [7, 11) is 1.92. The van der Waals surface area contributed by atoms with Gasteiger partial charge in [0.2, 0.25) is 0 Å². The van der Waals surface area contributed by atoms with Gasteiger partial charge >= 0.3 is 0 Å². The molecule has 3 nitrogen and oxygen atoms in total. The number of halogens is 1. The third kappa shape index (κ3) is 3.00. The molecule has 0 aliphatic rings. The van der Waals surface area contributed by atoms with Crippen LogP contribution in [-0.2, 0) is 0 Å². The molecule has 0 saturated carbocycles. The number of nitrogens with zero attached hydrogens (tertiary/aromatic N) is 1. The Bertz CT molecular complexity index is 531. The quantitative estimate of drug-likeness (QED) is 0.910. The van der Waals surface area contributed by atoms with E-state index in [0.717, 1.165) is 11.3 Å². The lowest BCUT2D eigenvalue weighted by atomic mass is 10.1. The Hall–Kier alpha value is -1.58. The second-order valence-electron chi connectivity index (χ2n) is 3.99. The van der Waals surface area contributed by atoms with Crippen LogP contribution in [0.5, 0.6) is 11.5 Å². The van der Waals surface area contributed by atoms with Gasteiger partial charge in [0.25, 0.3) is 0 Å². The lowest BCUT2D eigenvalue weighted by molar-refractivity contribution is 0.464.